The fourth-order valence-electron chi connectivity index (χ4n) is 10.1. The molecular formula is C67H82ClN11O12. The molecule has 4 aromatic carbocycles. The van der Waals surface area contributed by atoms with Crippen LogP contribution in [0.2, 0.25) is 5.02 Å². The summed E-state index contributed by atoms with van der Waals surface area (Å²) >= 11 is 6.23. The largest absolute Gasteiger partial charge is 0.508 e. The highest BCUT2D eigenvalue weighted by atomic mass is 35.5. The number of fused-ring (bicyclic) bond motifs is 1. The van der Waals surface area contributed by atoms with Crippen molar-refractivity contribution in [1.29, 1.82) is 0 Å². The van der Waals surface area contributed by atoms with Crippen molar-refractivity contribution in [3.8, 4) is 5.75 Å². The van der Waals surface area contributed by atoms with Crippen LogP contribution in [0.4, 0.5) is 0 Å². The van der Waals surface area contributed by atoms with Crippen molar-refractivity contribution in [1.82, 2.24) is 57.4 Å². The van der Waals surface area contributed by atoms with Gasteiger partial charge >= 0.3 is 0 Å². The Morgan fingerprint density at radius 1 is 0.516 bits per heavy atom. The molecular weight excluding hydrogens is 1190 g/mol. The third-order valence-corrected chi connectivity index (χ3v) is 15.2. The van der Waals surface area contributed by atoms with E-state index >= 15 is 0 Å². The first kappa shape index (κ1) is 70.8. The number of carbonyl (C=O) groups excluding carboxylic acids is 9. The van der Waals surface area contributed by atoms with Gasteiger partial charge in [-0.25, -0.2) is 0 Å². The molecule has 0 radical (unpaired) electrons. The topological polar surface area (TPSA) is 340 Å². The summed E-state index contributed by atoms with van der Waals surface area (Å²) in [6, 6.07) is 22.6. The maximum absolute atomic E-state index is 14.9. The molecule has 6 aromatic rings. The number of aromatic hydroxyl groups is 1. The number of aromatic nitrogens is 2. The number of nitrogens with one attached hydrogen (secondary N) is 8. The third kappa shape index (κ3) is 23.2. The number of pyridine rings is 2. The van der Waals surface area contributed by atoms with Gasteiger partial charge in [-0.2, -0.15) is 0 Å². The molecule has 0 aliphatic carbocycles. The van der Waals surface area contributed by atoms with Gasteiger partial charge in [0.2, 0.25) is 47.3 Å². The fourth-order valence-corrected chi connectivity index (χ4v) is 10.2. The molecule has 2 aromatic heterocycles. The van der Waals surface area contributed by atoms with Crippen LogP contribution in [0.25, 0.3) is 10.8 Å². The van der Waals surface area contributed by atoms with Gasteiger partial charge in [0.25, 0.3) is 5.91 Å². The van der Waals surface area contributed by atoms with E-state index in [4.69, 9.17) is 11.6 Å². The number of hydrogen-bond donors (Lipinski definition) is 11. The monoisotopic (exact) mass is 1270 g/mol. The van der Waals surface area contributed by atoms with Gasteiger partial charge in [0.05, 0.1) is 12.2 Å². The van der Waals surface area contributed by atoms with E-state index in [-0.39, 0.29) is 82.2 Å². The fraction of sp³-hybridized carbons (Fsp3) is 0.388. The quantitative estimate of drug-likeness (QED) is 0.0254. The Labute approximate surface area is 534 Å². The molecule has 9 amide bonds. The highest BCUT2D eigenvalue weighted by Crippen LogP contribution is 2.20. The molecule has 0 saturated carbocycles. The molecule has 0 fully saturated rings. The number of unbranched alkanes of at least 4 members (excludes halogenated alkanes) is 2. The van der Waals surface area contributed by atoms with Gasteiger partial charge in [0.1, 0.15) is 48.0 Å². The van der Waals surface area contributed by atoms with E-state index < -0.39 is 96.2 Å². The summed E-state index contributed by atoms with van der Waals surface area (Å²) in [5, 5.41) is 54.8. The maximum Gasteiger partial charge on any atom is 0.252 e. The number of rotatable bonds is 35. The van der Waals surface area contributed by atoms with Gasteiger partial charge in [-0.05, 0) is 120 Å². The second-order valence-electron chi connectivity index (χ2n) is 22.7. The van der Waals surface area contributed by atoms with Crippen LogP contribution < -0.4 is 42.5 Å². The van der Waals surface area contributed by atoms with Gasteiger partial charge in [-0.3, -0.25) is 53.1 Å². The van der Waals surface area contributed by atoms with E-state index in [9.17, 15) is 58.5 Å². The van der Waals surface area contributed by atoms with Crippen LogP contribution in [0.1, 0.15) is 91.9 Å². The van der Waals surface area contributed by atoms with Crippen LogP contribution >= 0.6 is 11.6 Å². The Hall–Kier alpha value is -9.32. The Morgan fingerprint density at radius 3 is 1.67 bits per heavy atom. The lowest BCUT2D eigenvalue weighted by molar-refractivity contribution is -0.144. The number of likely N-dealkylation sites (N-methyl/N-ethyl adjacent to an activating group) is 1. The van der Waals surface area contributed by atoms with Crippen LogP contribution in [-0.2, 0) is 64.0 Å². The summed E-state index contributed by atoms with van der Waals surface area (Å²) in [4.78, 5) is 136. The van der Waals surface area contributed by atoms with E-state index in [2.05, 4.69) is 52.5 Å². The van der Waals surface area contributed by atoms with E-state index in [0.717, 1.165) is 21.2 Å². The van der Waals surface area contributed by atoms with Crippen LogP contribution in [0.3, 0.4) is 0 Å². The summed E-state index contributed by atoms with van der Waals surface area (Å²) in [5.41, 5.74) is 2.57. The molecule has 2 heterocycles. The number of halogens is 1. The molecule has 0 saturated heterocycles. The van der Waals surface area contributed by atoms with Gasteiger partial charge in [0.15, 0.2) is 0 Å². The number of benzene rings is 4. The summed E-state index contributed by atoms with van der Waals surface area (Å²) < 4.78 is 0. The third-order valence-electron chi connectivity index (χ3n) is 15.0. The zero-order chi connectivity index (χ0) is 65.8. The first-order chi connectivity index (χ1) is 43.7. The van der Waals surface area contributed by atoms with Gasteiger partial charge < -0.3 is 62.8 Å². The van der Waals surface area contributed by atoms with Crippen molar-refractivity contribution in [2.24, 2.45) is 5.92 Å². The summed E-state index contributed by atoms with van der Waals surface area (Å²) in [6.07, 6.45) is 7.25. The number of phenols is 1. The number of aliphatic hydroxyl groups is 2. The molecule has 7 atom stereocenters. The lowest BCUT2D eigenvalue weighted by Gasteiger charge is -2.32. The lowest BCUT2D eigenvalue weighted by Crippen LogP contribution is -2.61. The van der Waals surface area contributed by atoms with Crippen molar-refractivity contribution >= 4 is 75.5 Å². The van der Waals surface area contributed by atoms with Crippen molar-refractivity contribution < 1.29 is 58.5 Å². The number of nitrogens with zero attached hydrogens (tertiary/aromatic N) is 3. The molecule has 23 nitrogen and oxygen atoms in total. The van der Waals surface area contributed by atoms with Crippen molar-refractivity contribution in [3.63, 3.8) is 0 Å². The highest BCUT2D eigenvalue weighted by molar-refractivity contribution is 6.30. The van der Waals surface area contributed by atoms with Crippen LogP contribution in [0.15, 0.2) is 140 Å². The number of carbonyl (C=O) groups is 9. The minimum atomic E-state index is -1.76. The number of amides is 9. The zero-order valence-corrected chi connectivity index (χ0v) is 52.3. The number of hydrogen-bond acceptors (Lipinski definition) is 14. The summed E-state index contributed by atoms with van der Waals surface area (Å²) in [6.45, 7) is 4.38. The number of phenolic OH excluding ortho intramolecular Hbond substituents is 1. The van der Waals surface area contributed by atoms with E-state index in [0.29, 0.717) is 46.5 Å². The first-order valence-corrected chi connectivity index (χ1v) is 30.7. The average molecular weight is 1270 g/mol. The standard InChI is InChI=1S/C67H82ClN11O12/c1-42(2)33-54(61(85)72-31-9-10-32-80)75-62(86)53(17-7-8-30-71-60(84)50-16-12-29-70-40-50)74-66(90)59(38-45-21-26-52(83)27-22-45)79(4)67(91)58(41-81)78-65(89)57(37-47-13-11-28-69-39-47)77-64(88)56(35-44-19-24-51(68)25-20-44)76-63(87)55(73-43(3)82)36-46-18-23-48-14-5-6-15-49(48)34-46/h5-6,11-16,18-29,34,39-40,42,53-59,80-81,83H,7-10,17,30-33,35-38,41H2,1-4H3,(H,71,84)(H,72,85)(H,73,82)(H,74,90)(H,75,86)(H,76,87)(H,77,88)(H,78,89)/t53-,54+,55-,56-,57-,58+,59+/m1/s1. The molecule has 0 aliphatic rings. The van der Waals surface area contributed by atoms with E-state index in [1.165, 1.54) is 63.0 Å². The first-order valence-electron chi connectivity index (χ1n) is 30.3. The van der Waals surface area contributed by atoms with Gasteiger partial charge in [-0.15, -0.1) is 0 Å². The Kier molecular flexibility index (Phi) is 28.3. The number of aliphatic hydroxyl groups excluding tert-OH is 2. The normalized spacial score (nSPS) is 13.4. The molecule has 24 heteroatoms. The molecule has 6 rings (SSSR count). The molecule has 484 valence electrons. The Morgan fingerprint density at radius 2 is 1.05 bits per heavy atom. The minimum absolute atomic E-state index is 0.00124. The molecule has 0 unspecified atom stereocenters. The zero-order valence-electron chi connectivity index (χ0n) is 51.5. The smallest absolute Gasteiger partial charge is 0.252 e. The second kappa shape index (κ2) is 36.4. The average Bonchev–Trinajstić information content (AvgIpc) is 1.42. The van der Waals surface area contributed by atoms with E-state index in [1.807, 2.05) is 56.3 Å². The van der Waals surface area contributed by atoms with Gasteiger partial charge in [-0.1, -0.05) is 98.2 Å². The SMILES string of the molecule is CC(=O)N[C@H](Cc1ccc2ccccc2c1)C(=O)N[C@H](Cc1ccc(Cl)cc1)C(=O)N[C@H](Cc1cccnc1)C(=O)N[C@@H](CO)C(=O)N(C)[C@@H](Cc1ccc(O)cc1)C(=O)N[C@H](CCCCNC(=O)c1cccnc1)C(=O)N[C@@H](CC(C)C)C(=O)NCCCCO. The van der Waals surface area contributed by atoms with Crippen LogP contribution in [0, 0.1) is 5.92 Å². The van der Waals surface area contributed by atoms with Crippen molar-refractivity contribution in [2.75, 3.05) is 33.4 Å². The lowest BCUT2D eigenvalue weighted by atomic mass is 9.99. The van der Waals surface area contributed by atoms with Crippen molar-refractivity contribution in [3.05, 3.63) is 173 Å². The minimum Gasteiger partial charge on any atom is -0.508 e. The molecule has 11 N–H and O–H groups in total. The summed E-state index contributed by atoms with van der Waals surface area (Å²) in [7, 11) is 1.27. The van der Waals surface area contributed by atoms with E-state index in [1.54, 1.807) is 48.5 Å². The molecule has 0 spiro atoms. The predicted octanol–water partition coefficient (Wildman–Crippen LogP) is 3.54. The second-order valence-corrected chi connectivity index (χ2v) is 23.1. The Balaban J connectivity index is 1.26. The van der Waals surface area contributed by atoms with Crippen LogP contribution in [-0.4, -0.2) is 159 Å². The Bertz CT molecular complexity index is 3380. The maximum atomic E-state index is 14.9. The van der Waals surface area contributed by atoms with Crippen molar-refractivity contribution in [2.45, 2.75) is 127 Å². The molecule has 91 heavy (non-hydrogen) atoms. The summed E-state index contributed by atoms with van der Waals surface area (Å²) in [5.74, 6) is -6.51. The van der Waals surface area contributed by atoms with Gasteiger partial charge in [0, 0.05) is 89.2 Å². The molecule has 0 aliphatic heterocycles. The van der Waals surface area contributed by atoms with Crippen LogP contribution in [0.5, 0.6) is 5.75 Å². The molecule has 0 bridgehead atoms. The predicted molar refractivity (Wildman–Crippen MR) is 343 cm³/mol. The highest BCUT2D eigenvalue weighted by Gasteiger charge is 2.37.